The van der Waals surface area contributed by atoms with Gasteiger partial charge in [0.2, 0.25) is 0 Å². The van der Waals surface area contributed by atoms with Gasteiger partial charge in [0.1, 0.15) is 0 Å². The number of benzene rings is 2. The number of para-hydroxylation sites is 1. The maximum atomic E-state index is 4.67. The lowest BCUT2D eigenvalue weighted by molar-refractivity contribution is 0.676. The van der Waals surface area contributed by atoms with Gasteiger partial charge in [0.05, 0.1) is 11.2 Å². The van der Waals surface area contributed by atoms with Crippen molar-refractivity contribution in [3.05, 3.63) is 77.5 Å². The molecule has 106 valence electrons. The fraction of sp³-hybridized carbons (Fsp3) is 0.211. The van der Waals surface area contributed by atoms with Crippen LogP contribution in [0.1, 0.15) is 16.8 Å². The first-order chi connectivity index (χ1) is 10.3. The number of aryl methyl sites for hydroxylation is 1. The van der Waals surface area contributed by atoms with Gasteiger partial charge in [-0.05, 0) is 37.6 Å². The van der Waals surface area contributed by atoms with Gasteiger partial charge in [0.25, 0.3) is 0 Å². The zero-order valence-corrected chi connectivity index (χ0v) is 12.3. The molecule has 2 heteroatoms. The predicted octanol–water partition coefficient (Wildman–Crippen LogP) is 3.88. The van der Waals surface area contributed by atoms with Crippen LogP contribution >= 0.6 is 0 Å². The van der Waals surface area contributed by atoms with Gasteiger partial charge < -0.3 is 5.32 Å². The molecule has 0 fully saturated rings. The van der Waals surface area contributed by atoms with E-state index in [1.165, 1.54) is 16.5 Å². The summed E-state index contributed by atoms with van der Waals surface area (Å²) in [6.07, 6.45) is 1.05. The summed E-state index contributed by atoms with van der Waals surface area (Å²) in [6, 6.07) is 21.2. The predicted molar refractivity (Wildman–Crippen MR) is 88.3 cm³/mol. The smallest absolute Gasteiger partial charge is 0.0705 e. The Morgan fingerprint density at radius 2 is 1.86 bits per heavy atom. The van der Waals surface area contributed by atoms with Gasteiger partial charge in [0.15, 0.2) is 0 Å². The Morgan fingerprint density at radius 3 is 2.76 bits per heavy atom. The maximum absolute atomic E-state index is 4.67. The lowest BCUT2D eigenvalue weighted by atomic mass is 10.1. The first kappa shape index (κ1) is 13.8. The summed E-state index contributed by atoms with van der Waals surface area (Å²) in [5, 5.41) is 4.67. The number of pyridine rings is 1. The summed E-state index contributed by atoms with van der Waals surface area (Å²) in [6.45, 7) is 3.92. The minimum atomic E-state index is 0.816. The number of aromatic nitrogens is 1. The van der Waals surface area contributed by atoms with Crippen molar-refractivity contribution in [1.82, 2.24) is 10.3 Å². The van der Waals surface area contributed by atoms with Crippen molar-refractivity contribution in [3.63, 3.8) is 0 Å². The molecule has 0 radical (unpaired) electrons. The molecule has 0 aliphatic heterocycles. The lowest BCUT2D eigenvalue weighted by Gasteiger charge is -2.06. The van der Waals surface area contributed by atoms with Gasteiger partial charge in [-0.15, -0.1) is 0 Å². The fourth-order valence-corrected chi connectivity index (χ4v) is 2.52. The zero-order valence-electron chi connectivity index (χ0n) is 12.3. The largest absolute Gasteiger partial charge is 0.311 e. The van der Waals surface area contributed by atoms with E-state index in [1.807, 2.05) is 12.1 Å². The van der Waals surface area contributed by atoms with E-state index in [0.29, 0.717) is 0 Å². The van der Waals surface area contributed by atoms with E-state index in [0.717, 1.165) is 30.7 Å². The Labute approximate surface area is 125 Å². The molecular formula is C19H20N2. The van der Waals surface area contributed by atoms with Crippen LogP contribution in [0.4, 0.5) is 0 Å². The molecule has 1 N–H and O–H groups in total. The van der Waals surface area contributed by atoms with E-state index in [9.17, 15) is 0 Å². The van der Waals surface area contributed by atoms with E-state index in [4.69, 9.17) is 0 Å². The topological polar surface area (TPSA) is 24.9 Å². The monoisotopic (exact) mass is 276 g/mol. The highest BCUT2D eigenvalue weighted by Gasteiger charge is 1.98. The fourth-order valence-electron chi connectivity index (χ4n) is 2.52. The second-order valence-electron chi connectivity index (χ2n) is 5.41. The SMILES string of the molecule is Cc1cccc(CCNCc2ccc3ccccc3n2)c1. The van der Waals surface area contributed by atoms with Crippen LogP contribution < -0.4 is 5.32 Å². The first-order valence-corrected chi connectivity index (χ1v) is 7.42. The number of fused-ring (bicyclic) bond motifs is 1. The quantitative estimate of drug-likeness (QED) is 0.715. The molecule has 0 saturated heterocycles. The highest BCUT2D eigenvalue weighted by molar-refractivity contribution is 5.78. The lowest BCUT2D eigenvalue weighted by Crippen LogP contribution is -2.17. The highest BCUT2D eigenvalue weighted by atomic mass is 14.9. The number of hydrogen-bond acceptors (Lipinski definition) is 2. The molecular weight excluding hydrogens is 256 g/mol. The van der Waals surface area contributed by atoms with Gasteiger partial charge in [0, 0.05) is 11.9 Å². The molecule has 3 aromatic rings. The molecule has 0 bridgehead atoms. The minimum absolute atomic E-state index is 0.816. The van der Waals surface area contributed by atoms with Gasteiger partial charge in [-0.1, -0.05) is 54.1 Å². The second-order valence-corrected chi connectivity index (χ2v) is 5.41. The van der Waals surface area contributed by atoms with E-state index >= 15 is 0 Å². The molecule has 0 aliphatic carbocycles. The molecule has 0 amide bonds. The molecule has 21 heavy (non-hydrogen) atoms. The van der Waals surface area contributed by atoms with Crippen LogP contribution in [-0.2, 0) is 13.0 Å². The van der Waals surface area contributed by atoms with Crippen molar-refractivity contribution in [2.45, 2.75) is 19.9 Å². The summed E-state index contributed by atoms with van der Waals surface area (Å²) in [5.74, 6) is 0. The molecule has 0 saturated carbocycles. The number of rotatable bonds is 5. The van der Waals surface area contributed by atoms with Crippen LogP contribution in [0.15, 0.2) is 60.7 Å². The Bertz CT molecular complexity index is 734. The third-order valence-electron chi connectivity index (χ3n) is 3.64. The summed E-state index contributed by atoms with van der Waals surface area (Å²) < 4.78 is 0. The van der Waals surface area contributed by atoms with E-state index < -0.39 is 0 Å². The Morgan fingerprint density at radius 1 is 0.952 bits per heavy atom. The molecule has 0 aliphatic rings. The van der Waals surface area contributed by atoms with Crippen molar-refractivity contribution in [3.8, 4) is 0 Å². The Kier molecular flexibility index (Phi) is 4.27. The molecule has 1 heterocycles. The van der Waals surface area contributed by atoms with Crippen LogP contribution in [0, 0.1) is 6.92 Å². The van der Waals surface area contributed by atoms with Crippen LogP contribution in [-0.4, -0.2) is 11.5 Å². The van der Waals surface area contributed by atoms with Crippen LogP contribution in [0.2, 0.25) is 0 Å². The second kappa shape index (κ2) is 6.51. The first-order valence-electron chi connectivity index (χ1n) is 7.42. The van der Waals surface area contributed by atoms with E-state index in [-0.39, 0.29) is 0 Å². The van der Waals surface area contributed by atoms with Crippen LogP contribution in [0.25, 0.3) is 10.9 Å². The van der Waals surface area contributed by atoms with Crippen molar-refractivity contribution in [2.75, 3.05) is 6.54 Å². The molecule has 0 unspecified atom stereocenters. The zero-order chi connectivity index (χ0) is 14.5. The molecule has 3 rings (SSSR count). The normalized spacial score (nSPS) is 10.9. The van der Waals surface area contributed by atoms with Gasteiger partial charge >= 0.3 is 0 Å². The molecule has 0 spiro atoms. The Balaban J connectivity index is 1.54. The standard InChI is InChI=1S/C19H20N2/c1-15-5-4-6-16(13-15)11-12-20-14-18-10-9-17-7-2-3-8-19(17)21-18/h2-10,13,20H,11-12,14H2,1H3. The van der Waals surface area contributed by atoms with Crippen molar-refractivity contribution in [2.24, 2.45) is 0 Å². The van der Waals surface area contributed by atoms with E-state index in [2.05, 4.69) is 65.8 Å². The Hall–Kier alpha value is -2.19. The van der Waals surface area contributed by atoms with Crippen molar-refractivity contribution < 1.29 is 0 Å². The van der Waals surface area contributed by atoms with Gasteiger partial charge in [-0.25, -0.2) is 0 Å². The maximum Gasteiger partial charge on any atom is 0.0705 e. The molecule has 1 aromatic heterocycles. The summed E-state index contributed by atoms with van der Waals surface area (Å²) in [5.41, 5.74) is 4.87. The summed E-state index contributed by atoms with van der Waals surface area (Å²) in [4.78, 5) is 4.67. The minimum Gasteiger partial charge on any atom is -0.311 e. The van der Waals surface area contributed by atoms with Gasteiger partial charge in [-0.3, -0.25) is 4.98 Å². The number of nitrogens with zero attached hydrogens (tertiary/aromatic N) is 1. The average Bonchev–Trinajstić information content (AvgIpc) is 2.51. The van der Waals surface area contributed by atoms with Crippen LogP contribution in [0.5, 0.6) is 0 Å². The summed E-state index contributed by atoms with van der Waals surface area (Å²) >= 11 is 0. The van der Waals surface area contributed by atoms with Crippen molar-refractivity contribution >= 4 is 10.9 Å². The third-order valence-corrected chi connectivity index (χ3v) is 3.64. The summed E-state index contributed by atoms with van der Waals surface area (Å²) in [7, 11) is 0. The number of hydrogen-bond donors (Lipinski definition) is 1. The highest BCUT2D eigenvalue weighted by Crippen LogP contribution is 2.11. The van der Waals surface area contributed by atoms with Crippen molar-refractivity contribution in [1.29, 1.82) is 0 Å². The van der Waals surface area contributed by atoms with E-state index in [1.54, 1.807) is 0 Å². The van der Waals surface area contributed by atoms with Crippen LogP contribution in [0.3, 0.4) is 0 Å². The van der Waals surface area contributed by atoms with Gasteiger partial charge in [-0.2, -0.15) is 0 Å². The molecule has 2 aromatic carbocycles. The molecule has 2 nitrogen and oxygen atoms in total. The molecule has 0 atom stereocenters. The number of nitrogens with one attached hydrogen (secondary N) is 1. The average molecular weight is 276 g/mol. The third kappa shape index (κ3) is 3.67.